The van der Waals surface area contributed by atoms with E-state index in [2.05, 4.69) is 37.9 Å². The zero-order valence-corrected chi connectivity index (χ0v) is 17.7. The average Bonchev–Trinajstić information content (AvgIpc) is 3.07. The maximum absolute atomic E-state index is 13.2. The van der Waals surface area contributed by atoms with Crippen LogP contribution in [0.4, 0.5) is 10.1 Å². The Bertz CT molecular complexity index is 1010. The minimum absolute atomic E-state index is 0.0468. The van der Waals surface area contributed by atoms with Gasteiger partial charge in [0.05, 0.1) is 17.3 Å². The highest BCUT2D eigenvalue weighted by atomic mass is 79.9. The number of nitrogens with one attached hydrogen (secondary N) is 1. The van der Waals surface area contributed by atoms with Crippen LogP contribution in [-0.4, -0.2) is 26.4 Å². The largest absolute Gasteiger partial charge is 0.325 e. The molecule has 0 aliphatic heterocycles. The molecule has 3 rings (SSSR count). The van der Waals surface area contributed by atoms with E-state index in [0.717, 1.165) is 10.0 Å². The zero-order chi connectivity index (χ0) is 20.1. The van der Waals surface area contributed by atoms with Gasteiger partial charge in [0, 0.05) is 15.7 Å². The SMILES string of the molecule is C=CCn1nc(SCC(=O)Nc2ccc(F)c(Cl)c2)nc1-c1ccc(Br)cc1. The van der Waals surface area contributed by atoms with E-state index in [1.54, 1.807) is 10.8 Å². The maximum atomic E-state index is 13.2. The van der Waals surface area contributed by atoms with Gasteiger partial charge in [-0.05, 0) is 30.3 Å². The topological polar surface area (TPSA) is 59.8 Å². The summed E-state index contributed by atoms with van der Waals surface area (Å²) in [6.45, 7) is 4.24. The van der Waals surface area contributed by atoms with Gasteiger partial charge in [0.2, 0.25) is 11.1 Å². The number of hydrogen-bond donors (Lipinski definition) is 1. The van der Waals surface area contributed by atoms with Gasteiger partial charge in [0.25, 0.3) is 0 Å². The number of nitrogens with zero attached hydrogens (tertiary/aromatic N) is 3. The molecule has 2 aromatic carbocycles. The Morgan fingerprint density at radius 3 is 2.75 bits per heavy atom. The van der Waals surface area contributed by atoms with E-state index in [1.165, 1.54) is 30.0 Å². The van der Waals surface area contributed by atoms with E-state index in [9.17, 15) is 9.18 Å². The van der Waals surface area contributed by atoms with E-state index < -0.39 is 5.82 Å². The molecule has 1 N–H and O–H groups in total. The van der Waals surface area contributed by atoms with Crippen molar-refractivity contribution in [1.82, 2.24) is 14.8 Å². The van der Waals surface area contributed by atoms with Gasteiger partial charge in [-0.1, -0.05) is 57.5 Å². The molecular weight excluding hydrogens is 467 g/mol. The van der Waals surface area contributed by atoms with Gasteiger partial charge in [-0.2, -0.15) is 0 Å². The summed E-state index contributed by atoms with van der Waals surface area (Å²) >= 11 is 10.3. The summed E-state index contributed by atoms with van der Waals surface area (Å²) in [5.41, 5.74) is 1.34. The monoisotopic (exact) mass is 480 g/mol. The first-order chi connectivity index (χ1) is 13.5. The number of hydrogen-bond acceptors (Lipinski definition) is 4. The summed E-state index contributed by atoms with van der Waals surface area (Å²) in [7, 11) is 0. The van der Waals surface area contributed by atoms with Crippen LogP contribution in [0.2, 0.25) is 5.02 Å². The van der Waals surface area contributed by atoms with Crippen LogP contribution in [0.5, 0.6) is 0 Å². The summed E-state index contributed by atoms with van der Waals surface area (Å²) in [6.07, 6.45) is 1.73. The lowest BCUT2D eigenvalue weighted by atomic mass is 10.2. The third-order valence-corrected chi connectivity index (χ3v) is 5.25. The number of benzene rings is 2. The third-order valence-electron chi connectivity index (χ3n) is 3.59. The minimum atomic E-state index is -0.536. The summed E-state index contributed by atoms with van der Waals surface area (Å²) in [5, 5.41) is 7.54. The van der Waals surface area contributed by atoms with Gasteiger partial charge >= 0.3 is 0 Å². The van der Waals surface area contributed by atoms with Gasteiger partial charge in [0.15, 0.2) is 5.82 Å². The van der Waals surface area contributed by atoms with E-state index >= 15 is 0 Å². The van der Waals surface area contributed by atoms with E-state index in [-0.39, 0.29) is 16.7 Å². The Balaban J connectivity index is 1.69. The van der Waals surface area contributed by atoms with Crippen LogP contribution in [0.15, 0.2) is 64.7 Å². The van der Waals surface area contributed by atoms with Crippen LogP contribution in [-0.2, 0) is 11.3 Å². The number of amides is 1. The summed E-state index contributed by atoms with van der Waals surface area (Å²) < 4.78 is 15.9. The average molecular weight is 482 g/mol. The van der Waals surface area contributed by atoms with Crippen LogP contribution in [0, 0.1) is 5.82 Å². The second kappa shape index (κ2) is 9.36. The number of carbonyl (C=O) groups excluding carboxylic acids is 1. The van der Waals surface area contributed by atoms with Crippen LogP contribution >= 0.6 is 39.3 Å². The zero-order valence-electron chi connectivity index (χ0n) is 14.5. The molecule has 0 atom stereocenters. The Hall–Kier alpha value is -2.16. The minimum Gasteiger partial charge on any atom is -0.325 e. The van der Waals surface area contributed by atoms with Crippen molar-refractivity contribution >= 4 is 50.9 Å². The highest BCUT2D eigenvalue weighted by Crippen LogP contribution is 2.24. The van der Waals surface area contributed by atoms with Crippen LogP contribution in [0.3, 0.4) is 0 Å². The summed E-state index contributed by atoms with van der Waals surface area (Å²) in [5.74, 6) is -0.00241. The molecule has 0 fully saturated rings. The molecular formula is C19H15BrClFN4OS. The lowest BCUT2D eigenvalue weighted by molar-refractivity contribution is -0.113. The molecule has 9 heteroatoms. The summed E-state index contributed by atoms with van der Waals surface area (Å²) in [6, 6.07) is 11.7. The van der Waals surface area contributed by atoms with Crippen LogP contribution in [0.1, 0.15) is 0 Å². The van der Waals surface area contributed by atoms with Crippen molar-refractivity contribution in [3.05, 3.63) is 70.4 Å². The number of halogens is 3. The first-order valence-corrected chi connectivity index (χ1v) is 10.3. The van der Waals surface area contributed by atoms with Crippen molar-refractivity contribution in [2.75, 3.05) is 11.1 Å². The molecule has 1 amide bonds. The molecule has 5 nitrogen and oxygen atoms in total. The maximum Gasteiger partial charge on any atom is 0.234 e. The molecule has 28 heavy (non-hydrogen) atoms. The van der Waals surface area contributed by atoms with Gasteiger partial charge < -0.3 is 5.32 Å². The lowest BCUT2D eigenvalue weighted by Gasteiger charge is -2.04. The molecule has 0 unspecified atom stereocenters. The molecule has 0 saturated carbocycles. The molecule has 144 valence electrons. The smallest absolute Gasteiger partial charge is 0.234 e. The predicted molar refractivity (Wildman–Crippen MR) is 114 cm³/mol. The van der Waals surface area contributed by atoms with Crippen molar-refractivity contribution in [2.24, 2.45) is 0 Å². The molecule has 3 aromatic rings. The van der Waals surface area contributed by atoms with Crippen LogP contribution in [0.25, 0.3) is 11.4 Å². The summed E-state index contributed by atoms with van der Waals surface area (Å²) in [4.78, 5) is 16.7. The fourth-order valence-electron chi connectivity index (χ4n) is 2.35. The normalized spacial score (nSPS) is 10.7. The first kappa shape index (κ1) is 20.6. The van der Waals surface area contributed by atoms with Crippen molar-refractivity contribution in [3.63, 3.8) is 0 Å². The molecule has 0 saturated heterocycles. The molecule has 0 radical (unpaired) electrons. The van der Waals surface area contributed by atoms with Crippen LogP contribution < -0.4 is 5.32 Å². The van der Waals surface area contributed by atoms with Crippen molar-refractivity contribution < 1.29 is 9.18 Å². The van der Waals surface area contributed by atoms with E-state index in [0.29, 0.717) is 23.2 Å². The van der Waals surface area contributed by atoms with Gasteiger partial charge in [-0.15, -0.1) is 11.7 Å². The van der Waals surface area contributed by atoms with E-state index in [1.807, 2.05) is 24.3 Å². The molecule has 0 bridgehead atoms. The molecule has 0 spiro atoms. The molecule has 1 aromatic heterocycles. The Kier molecular flexibility index (Phi) is 6.88. The highest BCUT2D eigenvalue weighted by molar-refractivity contribution is 9.10. The van der Waals surface area contributed by atoms with E-state index in [4.69, 9.17) is 11.6 Å². The fraction of sp³-hybridized carbons (Fsp3) is 0.105. The van der Waals surface area contributed by atoms with Crippen molar-refractivity contribution in [1.29, 1.82) is 0 Å². The highest BCUT2D eigenvalue weighted by Gasteiger charge is 2.14. The number of thioether (sulfide) groups is 1. The standard InChI is InChI=1S/C19H15BrClFN4OS/c1-2-9-26-18(12-3-5-13(20)6-4-12)24-19(25-26)28-11-17(27)23-14-7-8-16(22)15(21)10-14/h2-8,10H,1,9,11H2,(H,23,27). The van der Waals surface area contributed by atoms with Crippen molar-refractivity contribution in [2.45, 2.75) is 11.7 Å². The number of carbonyl (C=O) groups is 1. The molecule has 1 heterocycles. The second-order valence-corrected chi connectivity index (χ2v) is 7.93. The fourth-order valence-corrected chi connectivity index (χ4v) is 3.43. The molecule has 0 aliphatic rings. The molecule has 0 aliphatic carbocycles. The predicted octanol–water partition coefficient (Wildman–Crippen LogP) is 5.42. The number of anilines is 1. The number of aromatic nitrogens is 3. The Morgan fingerprint density at radius 2 is 2.07 bits per heavy atom. The Morgan fingerprint density at radius 1 is 1.32 bits per heavy atom. The lowest BCUT2D eigenvalue weighted by Crippen LogP contribution is -2.14. The van der Waals surface area contributed by atoms with Gasteiger partial charge in [-0.3, -0.25) is 4.79 Å². The number of allylic oxidation sites excluding steroid dienone is 1. The Labute approximate surface area is 179 Å². The first-order valence-electron chi connectivity index (χ1n) is 8.15. The van der Waals surface area contributed by atoms with Gasteiger partial charge in [-0.25, -0.2) is 14.1 Å². The third kappa shape index (κ3) is 5.21. The van der Waals surface area contributed by atoms with Gasteiger partial charge in [0.1, 0.15) is 5.82 Å². The second-order valence-electron chi connectivity index (χ2n) is 5.66. The number of rotatable bonds is 7. The quantitative estimate of drug-likeness (QED) is 0.362. The van der Waals surface area contributed by atoms with Crippen molar-refractivity contribution in [3.8, 4) is 11.4 Å².